The highest BCUT2D eigenvalue weighted by Crippen LogP contribution is 2.29. The van der Waals surface area contributed by atoms with E-state index in [0.717, 1.165) is 20.1 Å². The molecule has 0 N–H and O–H groups in total. The molecule has 0 saturated carbocycles. The number of aromatic nitrogens is 1. The van der Waals surface area contributed by atoms with Crippen LogP contribution in [0.2, 0.25) is 0 Å². The van der Waals surface area contributed by atoms with Crippen molar-refractivity contribution in [2.75, 3.05) is 0 Å². The van der Waals surface area contributed by atoms with Crippen molar-refractivity contribution in [3.05, 3.63) is 52.1 Å². The van der Waals surface area contributed by atoms with Crippen molar-refractivity contribution >= 4 is 27.7 Å². The number of hydrogen-bond donors (Lipinski definition) is 0. The maximum Gasteiger partial charge on any atom is 0.119 e. The first-order chi connectivity index (χ1) is 8.19. The Kier molecular flexibility index (Phi) is 3.82. The molecule has 1 aromatic heterocycles. The molecule has 2 rings (SSSR count). The molecule has 0 saturated heterocycles. The van der Waals surface area contributed by atoms with E-state index >= 15 is 0 Å². The zero-order valence-corrected chi connectivity index (χ0v) is 11.5. The van der Waals surface area contributed by atoms with Crippen LogP contribution in [0.25, 0.3) is 0 Å². The number of halogens is 1. The third-order valence-corrected chi connectivity index (χ3v) is 3.69. The van der Waals surface area contributed by atoms with Crippen LogP contribution in [0.4, 0.5) is 0 Å². The van der Waals surface area contributed by atoms with Crippen LogP contribution in [0.3, 0.4) is 0 Å². The van der Waals surface area contributed by atoms with Gasteiger partial charge in [0.2, 0.25) is 0 Å². The summed E-state index contributed by atoms with van der Waals surface area (Å²) in [5.74, 6) is 0. The molecule has 0 fully saturated rings. The average Bonchev–Trinajstić information content (AvgIpc) is 2.32. The van der Waals surface area contributed by atoms with Gasteiger partial charge in [-0.25, -0.2) is 4.98 Å². The van der Waals surface area contributed by atoms with Crippen LogP contribution in [0.15, 0.2) is 50.8 Å². The molecule has 0 aliphatic carbocycles. The average molecular weight is 305 g/mol. The highest BCUT2D eigenvalue weighted by molar-refractivity contribution is 9.10. The molecule has 0 spiro atoms. The van der Waals surface area contributed by atoms with E-state index in [2.05, 4.69) is 27.0 Å². The standard InChI is InChI=1S/C13H9BrN2S/c1-9-2-3-10(8-15)13(16-9)17-12-6-4-11(14)5-7-12/h2-7H,1H3. The van der Waals surface area contributed by atoms with E-state index in [9.17, 15) is 0 Å². The molecule has 2 aromatic rings. The Morgan fingerprint density at radius 3 is 2.53 bits per heavy atom. The van der Waals surface area contributed by atoms with Gasteiger partial charge in [0.1, 0.15) is 11.1 Å². The van der Waals surface area contributed by atoms with Crippen LogP contribution in [0, 0.1) is 18.3 Å². The number of pyridine rings is 1. The maximum absolute atomic E-state index is 9.02. The predicted molar refractivity (Wildman–Crippen MR) is 72.0 cm³/mol. The molecule has 0 radical (unpaired) electrons. The van der Waals surface area contributed by atoms with Gasteiger partial charge in [-0.15, -0.1) is 0 Å². The van der Waals surface area contributed by atoms with Gasteiger partial charge in [0.05, 0.1) is 5.56 Å². The fraction of sp³-hybridized carbons (Fsp3) is 0.0769. The lowest BCUT2D eigenvalue weighted by atomic mass is 10.3. The zero-order valence-electron chi connectivity index (χ0n) is 9.14. The summed E-state index contributed by atoms with van der Waals surface area (Å²) in [4.78, 5) is 5.46. The van der Waals surface area contributed by atoms with Gasteiger partial charge in [0, 0.05) is 15.1 Å². The second-order valence-corrected chi connectivity index (χ2v) is 5.45. The van der Waals surface area contributed by atoms with E-state index < -0.39 is 0 Å². The van der Waals surface area contributed by atoms with Crippen molar-refractivity contribution in [1.29, 1.82) is 5.26 Å². The van der Waals surface area contributed by atoms with Crippen LogP contribution >= 0.6 is 27.7 Å². The zero-order chi connectivity index (χ0) is 12.3. The molecule has 0 unspecified atom stereocenters. The number of nitrogens with zero attached hydrogens (tertiary/aromatic N) is 2. The van der Waals surface area contributed by atoms with Crippen LogP contribution in [-0.4, -0.2) is 4.98 Å². The third kappa shape index (κ3) is 3.09. The van der Waals surface area contributed by atoms with Crippen LogP contribution in [0.5, 0.6) is 0 Å². The number of nitriles is 1. The van der Waals surface area contributed by atoms with Crippen molar-refractivity contribution in [3.8, 4) is 6.07 Å². The molecule has 2 nitrogen and oxygen atoms in total. The molecule has 1 aromatic carbocycles. The lowest BCUT2D eigenvalue weighted by molar-refractivity contribution is 1.05. The molecular weight excluding hydrogens is 296 g/mol. The summed E-state index contributed by atoms with van der Waals surface area (Å²) in [6.07, 6.45) is 0. The quantitative estimate of drug-likeness (QED) is 0.835. The number of aryl methyl sites for hydroxylation is 1. The largest absolute Gasteiger partial charge is 0.245 e. The Bertz CT molecular complexity index is 573. The van der Waals surface area contributed by atoms with Crippen molar-refractivity contribution < 1.29 is 0 Å². The van der Waals surface area contributed by atoms with Gasteiger partial charge in [-0.2, -0.15) is 5.26 Å². The van der Waals surface area contributed by atoms with Gasteiger partial charge >= 0.3 is 0 Å². The Morgan fingerprint density at radius 1 is 1.18 bits per heavy atom. The second-order valence-electron chi connectivity index (χ2n) is 3.47. The first-order valence-corrected chi connectivity index (χ1v) is 6.61. The van der Waals surface area contributed by atoms with Crippen molar-refractivity contribution in [3.63, 3.8) is 0 Å². The summed E-state index contributed by atoms with van der Waals surface area (Å²) in [6, 6.07) is 13.8. The number of hydrogen-bond acceptors (Lipinski definition) is 3. The Hall–Kier alpha value is -1.31. The molecule has 1 heterocycles. The van der Waals surface area contributed by atoms with E-state index in [1.807, 2.05) is 43.3 Å². The second kappa shape index (κ2) is 5.35. The van der Waals surface area contributed by atoms with E-state index in [1.165, 1.54) is 11.8 Å². The fourth-order valence-corrected chi connectivity index (χ4v) is 2.48. The summed E-state index contributed by atoms with van der Waals surface area (Å²) < 4.78 is 1.04. The molecule has 84 valence electrons. The Balaban J connectivity index is 2.32. The minimum absolute atomic E-state index is 0.614. The molecule has 0 atom stereocenters. The summed E-state index contributed by atoms with van der Waals surface area (Å²) in [5, 5.41) is 9.78. The van der Waals surface area contributed by atoms with Gasteiger partial charge in [-0.3, -0.25) is 0 Å². The minimum atomic E-state index is 0.614. The van der Waals surface area contributed by atoms with Gasteiger partial charge in [0.25, 0.3) is 0 Å². The van der Waals surface area contributed by atoms with Gasteiger partial charge in [0.15, 0.2) is 0 Å². The van der Waals surface area contributed by atoms with Crippen molar-refractivity contribution in [1.82, 2.24) is 4.98 Å². The summed E-state index contributed by atoms with van der Waals surface area (Å²) >= 11 is 4.90. The maximum atomic E-state index is 9.02. The first-order valence-electron chi connectivity index (χ1n) is 5.00. The predicted octanol–water partition coefficient (Wildman–Crippen LogP) is 4.18. The normalized spacial score (nSPS) is 9.94. The van der Waals surface area contributed by atoms with E-state index in [-0.39, 0.29) is 0 Å². The topological polar surface area (TPSA) is 36.7 Å². The third-order valence-electron chi connectivity index (χ3n) is 2.15. The molecule has 0 aliphatic rings. The SMILES string of the molecule is Cc1ccc(C#N)c(Sc2ccc(Br)cc2)n1. The van der Waals surface area contributed by atoms with Gasteiger partial charge < -0.3 is 0 Å². The van der Waals surface area contributed by atoms with Gasteiger partial charge in [-0.1, -0.05) is 27.7 Å². The Labute approximate surface area is 113 Å². The molecule has 17 heavy (non-hydrogen) atoms. The van der Waals surface area contributed by atoms with Crippen LogP contribution in [0.1, 0.15) is 11.3 Å². The molecule has 0 amide bonds. The minimum Gasteiger partial charge on any atom is -0.245 e. The van der Waals surface area contributed by atoms with E-state index in [0.29, 0.717) is 5.56 Å². The molecule has 0 aliphatic heterocycles. The van der Waals surface area contributed by atoms with E-state index in [4.69, 9.17) is 5.26 Å². The molecule has 0 bridgehead atoms. The monoisotopic (exact) mass is 304 g/mol. The van der Waals surface area contributed by atoms with Crippen LogP contribution in [-0.2, 0) is 0 Å². The summed E-state index contributed by atoms with van der Waals surface area (Å²) in [7, 11) is 0. The highest BCUT2D eigenvalue weighted by Gasteiger charge is 2.06. The fourth-order valence-electron chi connectivity index (χ4n) is 1.31. The van der Waals surface area contributed by atoms with E-state index in [1.54, 1.807) is 0 Å². The molecular formula is C13H9BrN2S. The lowest BCUT2D eigenvalue weighted by Gasteiger charge is -2.04. The number of benzene rings is 1. The molecule has 4 heteroatoms. The lowest BCUT2D eigenvalue weighted by Crippen LogP contribution is -1.89. The summed E-state index contributed by atoms with van der Waals surface area (Å²) in [5.41, 5.74) is 1.53. The van der Waals surface area contributed by atoms with Gasteiger partial charge in [-0.05, 0) is 43.3 Å². The first kappa shape index (κ1) is 12.2. The number of rotatable bonds is 2. The summed E-state index contributed by atoms with van der Waals surface area (Å²) in [6.45, 7) is 1.92. The van der Waals surface area contributed by atoms with Crippen molar-refractivity contribution in [2.45, 2.75) is 16.8 Å². The van der Waals surface area contributed by atoms with Crippen LogP contribution < -0.4 is 0 Å². The van der Waals surface area contributed by atoms with Crippen molar-refractivity contribution in [2.24, 2.45) is 0 Å². The smallest absolute Gasteiger partial charge is 0.119 e. The Morgan fingerprint density at radius 2 is 1.88 bits per heavy atom. The highest BCUT2D eigenvalue weighted by atomic mass is 79.9.